The van der Waals surface area contributed by atoms with Crippen molar-refractivity contribution in [1.29, 1.82) is 0 Å². The molecule has 104 valence electrons. The summed E-state index contributed by atoms with van der Waals surface area (Å²) in [7, 11) is 3.50. The van der Waals surface area contributed by atoms with Gasteiger partial charge in [-0.15, -0.1) is 0 Å². The molecule has 1 aromatic heterocycles. The number of nitrogens with zero attached hydrogens (tertiary/aromatic N) is 3. The van der Waals surface area contributed by atoms with Crippen LogP contribution in [0.2, 0.25) is 0 Å². The molecule has 2 aromatic rings. The Bertz CT molecular complexity index is 665. The van der Waals surface area contributed by atoms with Gasteiger partial charge in [-0.1, -0.05) is 12.1 Å². The molecule has 1 N–H and O–H groups in total. The molecule has 0 fully saturated rings. The van der Waals surface area contributed by atoms with Crippen LogP contribution >= 0.6 is 0 Å². The van der Waals surface area contributed by atoms with Crippen LogP contribution in [0.15, 0.2) is 24.4 Å². The normalized spacial score (nSPS) is 11.2. The van der Waals surface area contributed by atoms with Gasteiger partial charge in [0.2, 0.25) is 0 Å². The molecule has 0 saturated heterocycles. The molecular weight excluding hydrogens is 269 g/mol. The number of anilines is 1. The third kappa shape index (κ3) is 2.59. The lowest BCUT2D eigenvalue weighted by molar-refractivity contribution is -0.140. The van der Waals surface area contributed by atoms with Gasteiger partial charge in [0.25, 0.3) is 0 Å². The first-order valence-electron chi connectivity index (χ1n) is 5.64. The molecule has 0 radical (unpaired) electrons. The maximum atomic E-state index is 12.6. The second-order valence-corrected chi connectivity index (χ2v) is 4.35. The van der Waals surface area contributed by atoms with Gasteiger partial charge in [0.1, 0.15) is 11.5 Å². The molecule has 0 bridgehead atoms. The Kier molecular flexibility index (Phi) is 3.40. The first-order chi connectivity index (χ1) is 9.32. The molecule has 7 heteroatoms. The zero-order valence-electron chi connectivity index (χ0n) is 10.8. The fourth-order valence-electron chi connectivity index (χ4n) is 1.76. The summed E-state index contributed by atoms with van der Waals surface area (Å²) < 4.78 is 37.7. The maximum absolute atomic E-state index is 12.6. The van der Waals surface area contributed by atoms with Crippen molar-refractivity contribution < 1.29 is 13.2 Å². The van der Waals surface area contributed by atoms with Gasteiger partial charge in [0.05, 0.1) is 12.8 Å². The minimum Gasteiger partial charge on any atom is -0.378 e. The highest BCUT2D eigenvalue weighted by atomic mass is 19.4. The molecule has 0 saturated carbocycles. The van der Waals surface area contributed by atoms with E-state index >= 15 is 0 Å². The van der Waals surface area contributed by atoms with Gasteiger partial charge in [-0.05, 0) is 6.07 Å². The molecule has 0 atom stereocenters. The lowest BCUT2D eigenvalue weighted by Crippen LogP contribution is -2.10. The summed E-state index contributed by atoms with van der Waals surface area (Å²) in [5, 5.41) is 0. The van der Waals surface area contributed by atoms with Crippen LogP contribution in [0, 0.1) is 6.57 Å². The van der Waals surface area contributed by atoms with Crippen molar-refractivity contribution in [3.05, 3.63) is 41.5 Å². The topological polar surface area (TPSA) is 36.3 Å². The van der Waals surface area contributed by atoms with E-state index in [0.29, 0.717) is 16.9 Å². The molecule has 4 nitrogen and oxygen atoms in total. The Morgan fingerprint density at radius 3 is 2.50 bits per heavy atom. The van der Waals surface area contributed by atoms with Gasteiger partial charge in [-0.3, -0.25) is 0 Å². The SMILES string of the molecule is [C-]#[N+]c1ccc(-c2ncc(C(F)(F)F)[nH]2)c(N(C)C)c1. The number of nitrogens with one attached hydrogen (secondary N) is 1. The molecule has 0 aliphatic carbocycles. The Morgan fingerprint density at radius 2 is 2.00 bits per heavy atom. The predicted octanol–water partition coefficient (Wildman–Crippen LogP) is 3.71. The van der Waals surface area contributed by atoms with Crippen LogP contribution in [0.1, 0.15) is 5.69 Å². The monoisotopic (exact) mass is 280 g/mol. The summed E-state index contributed by atoms with van der Waals surface area (Å²) >= 11 is 0. The summed E-state index contributed by atoms with van der Waals surface area (Å²) in [4.78, 5) is 11.1. The maximum Gasteiger partial charge on any atom is 0.432 e. The number of hydrogen-bond donors (Lipinski definition) is 1. The number of imidazole rings is 1. The van der Waals surface area contributed by atoms with Gasteiger partial charge in [-0.25, -0.2) is 9.83 Å². The minimum absolute atomic E-state index is 0.123. The molecule has 20 heavy (non-hydrogen) atoms. The number of hydrogen-bond acceptors (Lipinski definition) is 2. The number of alkyl halides is 3. The van der Waals surface area contributed by atoms with E-state index in [4.69, 9.17) is 6.57 Å². The summed E-state index contributed by atoms with van der Waals surface area (Å²) in [6, 6.07) is 4.74. The van der Waals surface area contributed by atoms with Crippen LogP contribution in [0.3, 0.4) is 0 Å². The van der Waals surface area contributed by atoms with Gasteiger partial charge >= 0.3 is 6.18 Å². The van der Waals surface area contributed by atoms with Crippen molar-refractivity contribution in [3.8, 4) is 11.4 Å². The van der Waals surface area contributed by atoms with Crippen molar-refractivity contribution in [3.63, 3.8) is 0 Å². The van der Waals surface area contributed by atoms with Crippen molar-refractivity contribution in [2.24, 2.45) is 0 Å². The Labute approximate surface area is 113 Å². The minimum atomic E-state index is -4.46. The summed E-state index contributed by atoms with van der Waals surface area (Å²) in [6.07, 6.45) is -3.70. The first-order valence-corrected chi connectivity index (χ1v) is 5.64. The first kappa shape index (κ1) is 13.9. The summed E-state index contributed by atoms with van der Waals surface area (Å²) in [5.74, 6) is 0.123. The van der Waals surface area contributed by atoms with E-state index in [0.717, 1.165) is 6.20 Å². The zero-order valence-corrected chi connectivity index (χ0v) is 10.8. The highest BCUT2D eigenvalue weighted by Crippen LogP contribution is 2.34. The van der Waals surface area contributed by atoms with Gasteiger partial charge in [0, 0.05) is 25.3 Å². The fourth-order valence-corrected chi connectivity index (χ4v) is 1.76. The van der Waals surface area contributed by atoms with Gasteiger partial charge < -0.3 is 9.88 Å². The number of benzene rings is 1. The average Bonchev–Trinajstić information content (AvgIpc) is 2.87. The number of halogens is 3. The van der Waals surface area contributed by atoms with E-state index in [-0.39, 0.29) is 5.82 Å². The Hall–Kier alpha value is -2.49. The molecule has 1 aromatic carbocycles. The number of H-pyrrole nitrogens is 1. The quantitative estimate of drug-likeness (QED) is 0.851. The van der Waals surface area contributed by atoms with E-state index in [1.54, 1.807) is 37.2 Å². The van der Waals surface area contributed by atoms with Crippen LogP contribution in [0.4, 0.5) is 24.5 Å². The molecule has 0 spiro atoms. The second-order valence-electron chi connectivity index (χ2n) is 4.35. The largest absolute Gasteiger partial charge is 0.432 e. The van der Waals surface area contributed by atoms with E-state index in [1.165, 1.54) is 0 Å². The second kappa shape index (κ2) is 4.89. The van der Waals surface area contributed by atoms with Crippen LogP contribution in [0.25, 0.3) is 16.2 Å². The molecular formula is C13H11F3N4. The van der Waals surface area contributed by atoms with Gasteiger partial charge in [0.15, 0.2) is 5.69 Å². The van der Waals surface area contributed by atoms with Crippen molar-refractivity contribution in [2.75, 3.05) is 19.0 Å². The predicted molar refractivity (Wildman–Crippen MR) is 69.6 cm³/mol. The Morgan fingerprint density at radius 1 is 1.30 bits per heavy atom. The van der Waals surface area contributed by atoms with Crippen molar-refractivity contribution in [2.45, 2.75) is 6.18 Å². The highest BCUT2D eigenvalue weighted by molar-refractivity contribution is 5.78. The lowest BCUT2D eigenvalue weighted by Gasteiger charge is -2.16. The molecule has 1 heterocycles. The van der Waals surface area contributed by atoms with Crippen molar-refractivity contribution in [1.82, 2.24) is 9.97 Å². The molecule has 0 aliphatic rings. The molecule has 2 rings (SSSR count). The van der Waals surface area contributed by atoms with Crippen LogP contribution < -0.4 is 4.90 Å². The smallest absolute Gasteiger partial charge is 0.378 e. The summed E-state index contributed by atoms with van der Waals surface area (Å²) in [5.41, 5.74) is 0.658. The molecule has 0 unspecified atom stereocenters. The van der Waals surface area contributed by atoms with Crippen LogP contribution in [0.5, 0.6) is 0 Å². The third-order valence-electron chi connectivity index (χ3n) is 2.73. The third-order valence-corrected chi connectivity index (χ3v) is 2.73. The number of aromatic amines is 1. The van der Waals surface area contributed by atoms with Crippen LogP contribution in [-0.4, -0.2) is 24.1 Å². The van der Waals surface area contributed by atoms with Crippen molar-refractivity contribution >= 4 is 11.4 Å². The van der Waals surface area contributed by atoms with E-state index in [9.17, 15) is 13.2 Å². The highest BCUT2D eigenvalue weighted by Gasteiger charge is 2.33. The standard InChI is InChI=1S/C13H11F3N4/c1-17-8-4-5-9(10(6-8)20(2)3)12-18-7-11(19-12)13(14,15)16/h4-7H,2-3H3,(H,18,19). The van der Waals surface area contributed by atoms with E-state index in [2.05, 4.69) is 14.8 Å². The Balaban J connectivity index is 2.53. The zero-order chi connectivity index (χ0) is 14.9. The summed E-state index contributed by atoms with van der Waals surface area (Å²) in [6.45, 7) is 6.98. The van der Waals surface area contributed by atoms with Crippen LogP contribution in [-0.2, 0) is 6.18 Å². The molecule has 0 amide bonds. The van der Waals surface area contributed by atoms with E-state index < -0.39 is 11.9 Å². The average molecular weight is 280 g/mol. The lowest BCUT2D eigenvalue weighted by atomic mass is 10.1. The number of aromatic nitrogens is 2. The fraction of sp³-hybridized carbons (Fsp3) is 0.231. The van der Waals surface area contributed by atoms with Gasteiger partial charge in [-0.2, -0.15) is 13.2 Å². The number of rotatable bonds is 2. The molecule has 0 aliphatic heterocycles. The van der Waals surface area contributed by atoms with E-state index in [1.807, 2.05) is 0 Å².